The first kappa shape index (κ1) is 19.2. The largest absolute Gasteiger partial charge is 0.488 e. The Hall–Kier alpha value is -2.12. The molecule has 28 heavy (non-hydrogen) atoms. The van der Waals surface area contributed by atoms with Crippen LogP contribution in [-0.4, -0.2) is 91.1 Å². The van der Waals surface area contributed by atoms with E-state index in [-0.39, 0.29) is 17.9 Å². The predicted octanol–water partition coefficient (Wildman–Crippen LogP) is 0.990. The first-order valence-electron chi connectivity index (χ1n) is 10.3. The van der Waals surface area contributed by atoms with Crippen LogP contribution in [0.25, 0.3) is 0 Å². The average molecular weight is 387 g/mol. The summed E-state index contributed by atoms with van der Waals surface area (Å²) < 4.78 is 11.5. The van der Waals surface area contributed by atoms with E-state index in [4.69, 9.17) is 9.47 Å². The molecule has 0 bridgehead atoms. The molecule has 3 fully saturated rings. The van der Waals surface area contributed by atoms with Crippen molar-refractivity contribution in [3.8, 4) is 5.75 Å². The van der Waals surface area contributed by atoms with Gasteiger partial charge in [0.15, 0.2) is 0 Å². The number of morpholine rings is 1. The van der Waals surface area contributed by atoms with Gasteiger partial charge in [0.2, 0.25) is 11.8 Å². The summed E-state index contributed by atoms with van der Waals surface area (Å²) in [5.74, 6) is 0.868. The van der Waals surface area contributed by atoms with Crippen LogP contribution in [0, 0.1) is 0 Å². The monoisotopic (exact) mass is 387 g/mol. The Morgan fingerprint density at radius 2 is 1.75 bits per heavy atom. The fraction of sp³-hybridized carbons (Fsp3) is 0.619. The summed E-state index contributed by atoms with van der Waals surface area (Å²) in [5, 5.41) is 0. The number of hydrogen-bond donors (Lipinski definition) is 0. The highest BCUT2D eigenvalue weighted by atomic mass is 16.5. The van der Waals surface area contributed by atoms with Gasteiger partial charge in [0.05, 0.1) is 26.3 Å². The fourth-order valence-corrected chi connectivity index (χ4v) is 4.27. The average Bonchev–Trinajstić information content (AvgIpc) is 3.39. The van der Waals surface area contributed by atoms with Crippen molar-refractivity contribution < 1.29 is 19.1 Å². The molecule has 3 aliphatic heterocycles. The molecule has 0 spiro atoms. The van der Waals surface area contributed by atoms with Gasteiger partial charge in [-0.05, 0) is 25.0 Å². The SMILES string of the molecule is O=C([C@@H]1C[C@H](Oc2ccccc2)CN1C(=O)CN1CCOCC1)N1CCCC1. The zero-order valence-electron chi connectivity index (χ0n) is 16.3. The van der Waals surface area contributed by atoms with E-state index in [1.54, 1.807) is 4.90 Å². The zero-order valence-corrected chi connectivity index (χ0v) is 16.3. The number of hydrogen-bond acceptors (Lipinski definition) is 5. The fourth-order valence-electron chi connectivity index (χ4n) is 4.27. The van der Waals surface area contributed by atoms with Crippen LogP contribution in [0.3, 0.4) is 0 Å². The normalized spacial score (nSPS) is 25.9. The second kappa shape index (κ2) is 8.92. The smallest absolute Gasteiger partial charge is 0.245 e. The molecule has 2 atom stereocenters. The Balaban J connectivity index is 1.45. The lowest BCUT2D eigenvalue weighted by atomic mass is 10.1. The highest BCUT2D eigenvalue weighted by Crippen LogP contribution is 2.26. The maximum atomic E-state index is 13.1. The number of para-hydroxylation sites is 1. The molecule has 7 heteroatoms. The second-order valence-corrected chi connectivity index (χ2v) is 7.77. The van der Waals surface area contributed by atoms with Gasteiger partial charge in [-0.15, -0.1) is 0 Å². The number of benzene rings is 1. The summed E-state index contributed by atoms with van der Waals surface area (Å²) in [6.07, 6.45) is 2.49. The van der Waals surface area contributed by atoms with Crippen molar-refractivity contribution in [2.75, 3.05) is 52.5 Å². The van der Waals surface area contributed by atoms with E-state index in [1.165, 1.54) is 0 Å². The highest BCUT2D eigenvalue weighted by molar-refractivity contribution is 5.89. The van der Waals surface area contributed by atoms with Gasteiger partial charge in [0.1, 0.15) is 17.9 Å². The third kappa shape index (κ3) is 4.47. The summed E-state index contributed by atoms with van der Waals surface area (Å²) in [6.45, 7) is 5.22. The molecule has 0 aromatic heterocycles. The van der Waals surface area contributed by atoms with E-state index in [1.807, 2.05) is 35.2 Å². The first-order chi connectivity index (χ1) is 13.7. The van der Waals surface area contributed by atoms with Crippen LogP contribution in [0.15, 0.2) is 30.3 Å². The van der Waals surface area contributed by atoms with Crippen molar-refractivity contribution in [1.82, 2.24) is 14.7 Å². The van der Waals surface area contributed by atoms with E-state index in [2.05, 4.69) is 4.90 Å². The minimum atomic E-state index is -0.416. The lowest BCUT2D eigenvalue weighted by Gasteiger charge is -2.31. The number of likely N-dealkylation sites (tertiary alicyclic amines) is 2. The van der Waals surface area contributed by atoms with Gasteiger partial charge in [-0.2, -0.15) is 0 Å². The van der Waals surface area contributed by atoms with Crippen molar-refractivity contribution >= 4 is 11.8 Å². The van der Waals surface area contributed by atoms with Crippen LogP contribution in [0.5, 0.6) is 5.75 Å². The van der Waals surface area contributed by atoms with Crippen LogP contribution in [0.4, 0.5) is 0 Å². The van der Waals surface area contributed by atoms with Crippen molar-refractivity contribution in [1.29, 1.82) is 0 Å². The molecule has 0 aliphatic carbocycles. The molecular formula is C21H29N3O4. The maximum absolute atomic E-state index is 13.1. The molecule has 0 unspecified atom stereocenters. The summed E-state index contributed by atoms with van der Waals surface area (Å²) in [5.41, 5.74) is 0. The summed E-state index contributed by atoms with van der Waals surface area (Å²) >= 11 is 0. The van der Waals surface area contributed by atoms with Crippen LogP contribution < -0.4 is 4.74 Å². The molecule has 7 nitrogen and oxygen atoms in total. The van der Waals surface area contributed by atoms with Gasteiger partial charge in [0, 0.05) is 32.6 Å². The molecular weight excluding hydrogens is 358 g/mol. The maximum Gasteiger partial charge on any atom is 0.245 e. The molecule has 0 saturated carbocycles. The molecule has 152 valence electrons. The number of carbonyl (C=O) groups is 2. The van der Waals surface area contributed by atoms with E-state index in [0.717, 1.165) is 44.8 Å². The van der Waals surface area contributed by atoms with E-state index in [0.29, 0.717) is 32.7 Å². The van der Waals surface area contributed by atoms with Crippen LogP contribution >= 0.6 is 0 Å². The van der Waals surface area contributed by atoms with E-state index < -0.39 is 6.04 Å². The molecule has 3 saturated heterocycles. The van der Waals surface area contributed by atoms with Crippen molar-refractivity contribution in [3.63, 3.8) is 0 Å². The Kier molecular flexibility index (Phi) is 6.12. The van der Waals surface area contributed by atoms with Gasteiger partial charge in [0.25, 0.3) is 0 Å². The van der Waals surface area contributed by atoms with Crippen molar-refractivity contribution in [2.45, 2.75) is 31.4 Å². The summed E-state index contributed by atoms with van der Waals surface area (Å²) in [6, 6.07) is 9.21. The Morgan fingerprint density at radius 3 is 2.46 bits per heavy atom. The van der Waals surface area contributed by atoms with E-state index >= 15 is 0 Å². The topological polar surface area (TPSA) is 62.3 Å². The molecule has 2 amide bonds. The molecule has 1 aromatic rings. The quantitative estimate of drug-likeness (QED) is 0.754. The van der Waals surface area contributed by atoms with Crippen LogP contribution in [0.1, 0.15) is 19.3 Å². The van der Waals surface area contributed by atoms with Gasteiger partial charge < -0.3 is 19.3 Å². The van der Waals surface area contributed by atoms with Crippen molar-refractivity contribution in [3.05, 3.63) is 30.3 Å². The molecule has 3 heterocycles. The predicted molar refractivity (Wildman–Crippen MR) is 104 cm³/mol. The van der Waals surface area contributed by atoms with Gasteiger partial charge >= 0.3 is 0 Å². The minimum Gasteiger partial charge on any atom is -0.488 e. The third-order valence-electron chi connectivity index (χ3n) is 5.79. The Morgan fingerprint density at radius 1 is 1.04 bits per heavy atom. The number of amides is 2. The van der Waals surface area contributed by atoms with Crippen molar-refractivity contribution in [2.24, 2.45) is 0 Å². The summed E-state index contributed by atoms with van der Waals surface area (Å²) in [7, 11) is 0. The van der Waals surface area contributed by atoms with E-state index in [9.17, 15) is 9.59 Å². The number of rotatable bonds is 5. The standard InChI is InChI=1S/C21H29N3O4/c25-20(16-22-10-12-27-13-11-22)24-15-18(28-17-6-2-1-3-7-17)14-19(24)21(26)23-8-4-5-9-23/h1-3,6-7,18-19H,4-5,8-16H2/t18-,19-/m0/s1. The molecule has 4 rings (SSSR count). The van der Waals surface area contributed by atoms with Gasteiger partial charge in [-0.3, -0.25) is 14.5 Å². The zero-order chi connectivity index (χ0) is 19.3. The number of ether oxygens (including phenoxy) is 2. The number of nitrogens with zero attached hydrogens (tertiary/aromatic N) is 3. The van der Waals surface area contributed by atoms with Crippen LogP contribution in [-0.2, 0) is 14.3 Å². The molecule has 0 N–H and O–H groups in total. The Labute approximate surface area is 166 Å². The molecule has 1 aromatic carbocycles. The lowest BCUT2D eigenvalue weighted by Crippen LogP contribution is -2.51. The second-order valence-electron chi connectivity index (χ2n) is 7.77. The van der Waals surface area contributed by atoms with Crippen LogP contribution in [0.2, 0.25) is 0 Å². The molecule has 3 aliphatic rings. The number of carbonyl (C=O) groups excluding carboxylic acids is 2. The first-order valence-corrected chi connectivity index (χ1v) is 10.3. The highest BCUT2D eigenvalue weighted by Gasteiger charge is 2.43. The van der Waals surface area contributed by atoms with Gasteiger partial charge in [-0.25, -0.2) is 0 Å². The Bertz CT molecular complexity index is 671. The summed E-state index contributed by atoms with van der Waals surface area (Å²) in [4.78, 5) is 31.9. The minimum absolute atomic E-state index is 0.0126. The van der Waals surface area contributed by atoms with Gasteiger partial charge in [-0.1, -0.05) is 18.2 Å². The molecule has 0 radical (unpaired) electrons. The lowest BCUT2D eigenvalue weighted by molar-refractivity contribution is -0.144. The third-order valence-corrected chi connectivity index (χ3v) is 5.79.